The van der Waals surface area contributed by atoms with Gasteiger partial charge in [0.1, 0.15) is 24.5 Å². The van der Waals surface area contributed by atoms with Crippen LogP contribution in [-0.2, 0) is 6.61 Å². The van der Waals surface area contributed by atoms with Crippen LogP contribution in [0.25, 0.3) is 10.9 Å². The van der Waals surface area contributed by atoms with Gasteiger partial charge in [-0.15, -0.1) is 0 Å². The Morgan fingerprint density at radius 3 is 2.28 bits per heavy atom. The third kappa shape index (κ3) is 4.21. The fourth-order valence-corrected chi connectivity index (χ4v) is 2.99. The van der Waals surface area contributed by atoms with E-state index >= 15 is 0 Å². The van der Waals surface area contributed by atoms with E-state index in [2.05, 4.69) is 15.3 Å². The van der Waals surface area contributed by atoms with Crippen LogP contribution in [0.4, 0.5) is 11.5 Å². The molecule has 0 radical (unpaired) electrons. The highest BCUT2D eigenvalue weighted by Gasteiger charge is 2.11. The van der Waals surface area contributed by atoms with E-state index in [1.54, 1.807) is 14.2 Å². The van der Waals surface area contributed by atoms with Crippen molar-refractivity contribution in [1.29, 1.82) is 0 Å². The predicted molar refractivity (Wildman–Crippen MR) is 113 cm³/mol. The molecule has 4 aromatic rings. The van der Waals surface area contributed by atoms with Crippen molar-refractivity contribution in [2.75, 3.05) is 19.5 Å². The first-order valence-electron chi connectivity index (χ1n) is 9.17. The summed E-state index contributed by atoms with van der Waals surface area (Å²) in [7, 11) is 3.21. The molecule has 0 saturated carbocycles. The number of ether oxygens (including phenoxy) is 3. The van der Waals surface area contributed by atoms with Gasteiger partial charge in [-0.25, -0.2) is 9.97 Å². The Labute approximate surface area is 169 Å². The largest absolute Gasteiger partial charge is 0.493 e. The number of aromatic nitrogens is 2. The summed E-state index contributed by atoms with van der Waals surface area (Å²) in [5, 5.41) is 4.20. The van der Waals surface area contributed by atoms with Crippen LogP contribution in [0.3, 0.4) is 0 Å². The van der Waals surface area contributed by atoms with E-state index in [0.717, 1.165) is 27.9 Å². The second kappa shape index (κ2) is 8.48. The highest BCUT2D eigenvalue weighted by molar-refractivity contribution is 5.93. The van der Waals surface area contributed by atoms with Crippen molar-refractivity contribution in [2.45, 2.75) is 6.61 Å². The van der Waals surface area contributed by atoms with Gasteiger partial charge in [0.25, 0.3) is 0 Å². The van der Waals surface area contributed by atoms with E-state index in [-0.39, 0.29) is 0 Å². The third-order valence-electron chi connectivity index (χ3n) is 4.51. The molecule has 1 aromatic heterocycles. The first kappa shape index (κ1) is 18.6. The molecule has 1 heterocycles. The second-order valence-electron chi connectivity index (χ2n) is 6.37. The van der Waals surface area contributed by atoms with E-state index < -0.39 is 0 Å². The van der Waals surface area contributed by atoms with Gasteiger partial charge in [0.05, 0.1) is 19.7 Å². The monoisotopic (exact) mass is 387 g/mol. The summed E-state index contributed by atoms with van der Waals surface area (Å²) in [4.78, 5) is 8.72. The number of para-hydroxylation sites is 1. The molecule has 3 aromatic carbocycles. The zero-order valence-corrected chi connectivity index (χ0v) is 16.3. The Kier molecular flexibility index (Phi) is 5.42. The molecule has 1 N–H and O–H groups in total. The van der Waals surface area contributed by atoms with E-state index in [9.17, 15) is 0 Å². The molecule has 0 atom stereocenters. The van der Waals surface area contributed by atoms with Gasteiger partial charge in [-0.05, 0) is 35.9 Å². The molecule has 146 valence electrons. The van der Waals surface area contributed by atoms with Gasteiger partial charge in [0.15, 0.2) is 11.5 Å². The molecule has 4 rings (SSSR count). The normalized spacial score (nSPS) is 10.6. The molecule has 0 amide bonds. The number of anilines is 2. The maximum Gasteiger partial charge on any atom is 0.162 e. The average Bonchev–Trinajstić information content (AvgIpc) is 2.78. The first-order valence-corrected chi connectivity index (χ1v) is 9.17. The van der Waals surface area contributed by atoms with Gasteiger partial charge >= 0.3 is 0 Å². The van der Waals surface area contributed by atoms with Crippen molar-refractivity contribution in [3.05, 3.63) is 78.6 Å². The molecule has 6 heteroatoms. The maximum atomic E-state index is 5.79. The van der Waals surface area contributed by atoms with Crippen molar-refractivity contribution in [1.82, 2.24) is 9.97 Å². The SMILES string of the molecule is COc1cc2ncnc(Nc3ccc(COc4ccccc4)cc3)c2cc1OC. The van der Waals surface area contributed by atoms with Crippen LogP contribution in [0.1, 0.15) is 5.56 Å². The molecule has 0 spiro atoms. The average molecular weight is 387 g/mol. The summed E-state index contributed by atoms with van der Waals surface area (Å²) in [6.45, 7) is 0.512. The number of benzene rings is 3. The first-order chi connectivity index (χ1) is 14.3. The molecule has 0 bridgehead atoms. The van der Waals surface area contributed by atoms with Crippen molar-refractivity contribution >= 4 is 22.4 Å². The summed E-state index contributed by atoms with van der Waals surface area (Å²) in [5.74, 6) is 2.81. The second-order valence-corrected chi connectivity index (χ2v) is 6.37. The fraction of sp³-hybridized carbons (Fsp3) is 0.130. The standard InChI is InChI=1S/C23H21N3O3/c1-27-21-12-19-20(13-22(21)28-2)24-15-25-23(19)26-17-10-8-16(9-11-17)14-29-18-6-4-3-5-7-18/h3-13,15H,14H2,1-2H3,(H,24,25,26). The Bertz CT molecular complexity index is 1100. The van der Waals surface area contributed by atoms with Crippen LogP contribution in [0, 0.1) is 0 Å². The molecule has 6 nitrogen and oxygen atoms in total. The number of hydrogen-bond acceptors (Lipinski definition) is 6. The number of nitrogens with one attached hydrogen (secondary N) is 1. The van der Waals surface area contributed by atoms with Crippen molar-refractivity contribution in [3.63, 3.8) is 0 Å². The highest BCUT2D eigenvalue weighted by Crippen LogP contribution is 2.34. The van der Waals surface area contributed by atoms with Crippen LogP contribution >= 0.6 is 0 Å². The van der Waals surface area contributed by atoms with Crippen molar-refractivity contribution in [2.24, 2.45) is 0 Å². The van der Waals surface area contributed by atoms with Crippen molar-refractivity contribution < 1.29 is 14.2 Å². The molecular formula is C23H21N3O3. The lowest BCUT2D eigenvalue weighted by molar-refractivity contribution is 0.306. The molecule has 0 fully saturated rings. The number of rotatable bonds is 7. The summed E-state index contributed by atoms with van der Waals surface area (Å²) in [5.41, 5.74) is 2.77. The summed E-state index contributed by atoms with van der Waals surface area (Å²) in [6, 6.07) is 21.5. The Morgan fingerprint density at radius 1 is 0.828 bits per heavy atom. The van der Waals surface area contributed by atoms with Gasteiger partial charge < -0.3 is 19.5 Å². The lowest BCUT2D eigenvalue weighted by atomic mass is 10.2. The molecule has 0 aliphatic rings. The third-order valence-corrected chi connectivity index (χ3v) is 4.51. The molecular weight excluding hydrogens is 366 g/mol. The van der Waals surface area contributed by atoms with Crippen LogP contribution in [0.2, 0.25) is 0 Å². The maximum absolute atomic E-state index is 5.79. The minimum Gasteiger partial charge on any atom is -0.493 e. The summed E-state index contributed by atoms with van der Waals surface area (Å²) in [6.07, 6.45) is 1.53. The van der Waals surface area contributed by atoms with Crippen LogP contribution < -0.4 is 19.5 Å². The van der Waals surface area contributed by atoms with E-state index in [4.69, 9.17) is 14.2 Å². The number of fused-ring (bicyclic) bond motifs is 1. The lowest BCUT2D eigenvalue weighted by Crippen LogP contribution is -1.99. The van der Waals surface area contributed by atoms with Gasteiger partial charge in [-0.2, -0.15) is 0 Å². The van der Waals surface area contributed by atoms with Crippen molar-refractivity contribution in [3.8, 4) is 17.2 Å². The smallest absolute Gasteiger partial charge is 0.162 e. The molecule has 29 heavy (non-hydrogen) atoms. The van der Waals surface area contributed by atoms with Crippen LogP contribution in [0.5, 0.6) is 17.2 Å². The van der Waals surface area contributed by atoms with E-state index in [0.29, 0.717) is 23.9 Å². The van der Waals surface area contributed by atoms with E-state index in [1.807, 2.05) is 66.7 Å². The van der Waals surface area contributed by atoms with Crippen LogP contribution in [0.15, 0.2) is 73.1 Å². The van der Waals surface area contributed by atoms with Gasteiger partial charge in [-0.1, -0.05) is 30.3 Å². The van der Waals surface area contributed by atoms with Gasteiger partial charge in [-0.3, -0.25) is 0 Å². The van der Waals surface area contributed by atoms with Crippen LogP contribution in [-0.4, -0.2) is 24.2 Å². The molecule has 0 saturated heterocycles. The Hall–Kier alpha value is -3.80. The fourth-order valence-electron chi connectivity index (χ4n) is 2.99. The molecule has 0 aliphatic heterocycles. The Morgan fingerprint density at radius 2 is 1.55 bits per heavy atom. The molecule has 0 unspecified atom stereocenters. The molecule has 0 aliphatic carbocycles. The number of nitrogens with zero attached hydrogens (tertiary/aromatic N) is 2. The Balaban J connectivity index is 1.52. The quantitative estimate of drug-likeness (QED) is 0.483. The zero-order valence-electron chi connectivity index (χ0n) is 16.3. The minimum atomic E-state index is 0.512. The van der Waals surface area contributed by atoms with Gasteiger partial charge in [0.2, 0.25) is 0 Å². The topological polar surface area (TPSA) is 65.5 Å². The highest BCUT2D eigenvalue weighted by atomic mass is 16.5. The van der Waals surface area contributed by atoms with E-state index in [1.165, 1.54) is 6.33 Å². The lowest BCUT2D eigenvalue weighted by Gasteiger charge is -2.12. The number of hydrogen-bond donors (Lipinski definition) is 1. The zero-order chi connectivity index (χ0) is 20.1. The summed E-state index contributed by atoms with van der Waals surface area (Å²) < 4.78 is 16.5. The van der Waals surface area contributed by atoms with Gasteiger partial charge in [0, 0.05) is 17.1 Å². The minimum absolute atomic E-state index is 0.512. The number of methoxy groups -OCH3 is 2. The summed E-state index contributed by atoms with van der Waals surface area (Å²) >= 11 is 0. The predicted octanol–water partition coefficient (Wildman–Crippen LogP) is 4.97.